The highest BCUT2D eigenvalue weighted by molar-refractivity contribution is 6.30. The van der Waals surface area contributed by atoms with E-state index in [1.165, 1.54) is 6.20 Å². The van der Waals surface area contributed by atoms with Gasteiger partial charge in [0, 0.05) is 32.0 Å². The summed E-state index contributed by atoms with van der Waals surface area (Å²) >= 11 is 5.78. The molecule has 0 saturated carbocycles. The Balaban J connectivity index is 2.25. The maximum absolute atomic E-state index is 5.78. The van der Waals surface area contributed by atoms with Crippen molar-refractivity contribution in [3.8, 4) is 11.6 Å². The van der Waals surface area contributed by atoms with E-state index in [-0.39, 0.29) is 0 Å². The first kappa shape index (κ1) is 12.5. The molecule has 2 aromatic rings. The number of nitrogens with two attached hydrogens (primary N) is 1. The molecule has 0 atom stereocenters. The molecule has 94 valence electrons. The van der Waals surface area contributed by atoms with E-state index >= 15 is 0 Å². The number of ether oxygens (including phenoxy) is 1. The number of aromatic nitrogens is 1. The lowest BCUT2D eigenvalue weighted by Crippen LogP contribution is -2.08. The van der Waals surface area contributed by atoms with E-state index in [0.717, 1.165) is 5.69 Å². The fourth-order valence-corrected chi connectivity index (χ4v) is 1.63. The standard InChI is InChI=1S/C13H14ClN3O/c1-17(2)10-4-3-5-11(7-10)18-13-12(15)6-9(14)8-16-13/h3-8H,15H2,1-2H3. The molecule has 0 radical (unpaired) electrons. The van der Waals surface area contributed by atoms with E-state index < -0.39 is 0 Å². The maximum atomic E-state index is 5.78. The van der Waals surface area contributed by atoms with E-state index in [4.69, 9.17) is 22.1 Å². The van der Waals surface area contributed by atoms with Gasteiger partial charge in [-0.15, -0.1) is 0 Å². The van der Waals surface area contributed by atoms with Gasteiger partial charge in [-0.1, -0.05) is 17.7 Å². The zero-order chi connectivity index (χ0) is 13.1. The number of anilines is 2. The molecule has 0 saturated heterocycles. The van der Waals surface area contributed by atoms with Gasteiger partial charge in [0.25, 0.3) is 0 Å². The average molecular weight is 264 g/mol. The van der Waals surface area contributed by atoms with Gasteiger partial charge in [0.15, 0.2) is 0 Å². The van der Waals surface area contributed by atoms with Crippen molar-refractivity contribution in [3.05, 3.63) is 41.6 Å². The van der Waals surface area contributed by atoms with Gasteiger partial charge in [-0.3, -0.25) is 0 Å². The molecule has 1 heterocycles. The SMILES string of the molecule is CN(C)c1cccc(Oc2ncc(Cl)cc2N)c1. The van der Waals surface area contributed by atoms with Crippen LogP contribution < -0.4 is 15.4 Å². The van der Waals surface area contributed by atoms with Gasteiger partial charge >= 0.3 is 0 Å². The van der Waals surface area contributed by atoms with Gasteiger partial charge in [0.1, 0.15) is 5.75 Å². The van der Waals surface area contributed by atoms with Crippen LogP contribution >= 0.6 is 11.6 Å². The van der Waals surface area contributed by atoms with Crippen LogP contribution in [0.25, 0.3) is 0 Å². The summed E-state index contributed by atoms with van der Waals surface area (Å²) in [6, 6.07) is 9.28. The van der Waals surface area contributed by atoms with Gasteiger partial charge in [-0.25, -0.2) is 4.98 Å². The number of rotatable bonds is 3. The molecule has 0 spiro atoms. The second kappa shape index (κ2) is 5.14. The minimum absolute atomic E-state index is 0.357. The highest BCUT2D eigenvalue weighted by atomic mass is 35.5. The van der Waals surface area contributed by atoms with Crippen LogP contribution in [-0.2, 0) is 0 Å². The van der Waals surface area contributed by atoms with Crippen molar-refractivity contribution in [3.63, 3.8) is 0 Å². The first-order chi connectivity index (χ1) is 8.56. The number of nitrogens with zero attached hydrogens (tertiary/aromatic N) is 2. The van der Waals surface area contributed by atoms with Crippen molar-refractivity contribution in [2.75, 3.05) is 24.7 Å². The molecule has 1 aromatic carbocycles. The monoisotopic (exact) mass is 263 g/mol. The number of pyridine rings is 1. The van der Waals surface area contributed by atoms with Crippen LogP contribution in [0.5, 0.6) is 11.6 Å². The second-order valence-electron chi connectivity index (χ2n) is 4.04. The van der Waals surface area contributed by atoms with E-state index in [9.17, 15) is 0 Å². The summed E-state index contributed by atoms with van der Waals surface area (Å²) in [5.74, 6) is 1.04. The Hall–Kier alpha value is -1.94. The number of benzene rings is 1. The van der Waals surface area contributed by atoms with Crippen LogP contribution in [0.3, 0.4) is 0 Å². The summed E-state index contributed by atoms with van der Waals surface area (Å²) in [6.45, 7) is 0. The summed E-state index contributed by atoms with van der Waals surface area (Å²) in [4.78, 5) is 6.05. The highest BCUT2D eigenvalue weighted by Gasteiger charge is 2.05. The highest BCUT2D eigenvalue weighted by Crippen LogP contribution is 2.28. The van der Waals surface area contributed by atoms with Gasteiger partial charge in [-0.2, -0.15) is 0 Å². The third-order valence-corrected chi connectivity index (χ3v) is 2.60. The molecule has 0 unspecified atom stereocenters. The van der Waals surface area contributed by atoms with Crippen molar-refractivity contribution < 1.29 is 4.74 Å². The first-order valence-corrected chi connectivity index (χ1v) is 5.80. The lowest BCUT2D eigenvalue weighted by molar-refractivity contribution is 0.465. The second-order valence-corrected chi connectivity index (χ2v) is 4.48. The largest absolute Gasteiger partial charge is 0.437 e. The molecule has 0 aliphatic heterocycles. The number of hydrogen-bond acceptors (Lipinski definition) is 4. The topological polar surface area (TPSA) is 51.4 Å². The van der Waals surface area contributed by atoms with Crippen molar-refractivity contribution in [1.29, 1.82) is 0 Å². The normalized spacial score (nSPS) is 10.2. The smallest absolute Gasteiger partial charge is 0.242 e. The molecule has 0 aliphatic rings. The minimum atomic E-state index is 0.357. The van der Waals surface area contributed by atoms with E-state index in [0.29, 0.717) is 22.3 Å². The summed E-state index contributed by atoms with van der Waals surface area (Å²) in [6.07, 6.45) is 1.50. The van der Waals surface area contributed by atoms with Crippen LogP contribution in [0.15, 0.2) is 36.5 Å². The van der Waals surface area contributed by atoms with E-state index in [1.807, 2.05) is 43.3 Å². The van der Waals surface area contributed by atoms with Crippen molar-refractivity contribution in [2.45, 2.75) is 0 Å². The summed E-state index contributed by atoms with van der Waals surface area (Å²) in [5, 5.41) is 0.488. The zero-order valence-electron chi connectivity index (χ0n) is 10.2. The molecule has 4 nitrogen and oxygen atoms in total. The molecule has 0 aliphatic carbocycles. The fourth-order valence-electron chi connectivity index (χ4n) is 1.46. The Morgan fingerprint density at radius 2 is 2.06 bits per heavy atom. The van der Waals surface area contributed by atoms with Gasteiger partial charge in [-0.05, 0) is 18.2 Å². The van der Waals surface area contributed by atoms with E-state index in [2.05, 4.69) is 4.98 Å². The Kier molecular flexibility index (Phi) is 3.58. The molecule has 0 fully saturated rings. The van der Waals surface area contributed by atoms with Crippen molar-refractivity contribution in [1.82, 2.24) is 4.98 Å². The van der Waals surface area contributed by atoms with Gasteiger partial charge in [0.2, 0.25) is 5.88 Å². The molecular formula is C13H14ClN3O. The third kappa shape index (κ3) is 2.84. The molecule has 1 aromatic heterocycles. The molecule has 0 amide bonds. The van der Waals surface area contributed by atoms with E-state index in [1.54, 1.807) is 6.07 Å². The molecule has 2 rings (SSSR count). The zero-order valence-corrected chi connectivity index (χ0v) is 11.0. The minimum Gasteiger partial charge on any atom is -0.437 e. The van der Waals surface area contributed by atoms with Crippen LogP contribution in [0.1, 0.15) is 0 Å². The molecule has 0 bridgehead atoms. The number of halogens is 1. The Morgan fingerprint density at radius 1 is 1.28 bits per heavy atom. The number of nitrogen functional groups attached to an aromatic ring is 1. The summed E-state index contributed by atoms with van der Waals surface area (Å²) in [7, 11) is 3.93. The Bertz CT molecular complexity index is 558. The average Bonchev–Trinajstić information content (AvgIpc) is 2.33. The predicted molar refractivity (Wildman–Crippen MR) is 74.5 cm³/mol. The molecule has 2 N–H and O–H groups in total. The van der Waals surface area contributed by atoms with Crippen LogP contribution in [0.2, 0.25) is 5.02 Å². The molecular weight excluding hydrogens is 250 g/mol. The lowest BCUT2D eigenvalue weighted by Gasteiger charge is -2.14. The summed E-state index contributed by atoms with van der Waals surface area (Å²) < 4.78 is 5.63. The lowest BCUT2D eigenvalue weighted by atomic mass is 10.3. The van der Waals surface area contributed by atoms with Gasteiger partial charge < -0.3 is 15.4 Å². The molecule has 18 heavy (non-hydrogen) atoms. The summed E-state index contributed by atoms with van der Waals surface area (Å²) in [5.41, 5.74) is 7.24. The van der Waals surface area contributed by atoms with Crippen molar-refractivity contribution in [2.24, 2.45) is 0 Å². The third-order valence-electron chi connectivity index (χ3n) is 2.39. The van der Waals surface area contributed by atoms with Crippen LogP contribution in [0.4, 0.5) is 11.4 Å². The number of hydrogen-bond donors (Lipinski definition) is 1. The molecule has 5 heteroatoms. The Morgan fingerprint density at radius 3 is 2.72 bits per heavy atom. The predicted octanol–water partition coefficient (Wildman–Crippen LogP) is 3.18. The van der Waals surface area contributed by atoms with Crippen LogP contribution in [-0.4, -0.2) is 19.1 Å². The van der Waals surface area contributed by atoms with Crippen LogP contribution in [0, 0.1) is 0 Å². The Labute approximate surface area is 111 Å². The fraction of sp³-hybridized carbons (Fsp3) is 0.154. The maximum Gasteiger partial charge on any atom is 0.242 e. The van der Waals surface area contributed by atoms with Crippen molar-refractivity contribution >= 4 is 23.0 Å². The van der Waals surface area contributed by atoms with Gasteiger partial charge in [0.05, 0.1) is 10.7 Å². The quantitative estimate of drug-likeness (QED) is 0.924. The first-order valence-electron chi connectivity index (χ1n) is 5.42.